The molecule has 1 heterocycles. The predicted molar refractivity (Wildman–Crippen MR) is 97.4 cm³/mol. The molecule has 0 aliphatic rings. The van der Waals surface area contributed by atoms with E-state index in [4.69, 9.17) is 4.74 Å². The minimum absolute atomic E-state index is 0.0673. The molecule has 0 atom stereocenters. The van der Waals surface area contributed by atoms with Gasteiger partial charge in [-0.3, -0.25) is 10.1 Å². The van der Waals surface area contributed by atoms with Crippen LogP contribution in [0.4, 0.5) is 17.2 Å². The van der Waals surface area contributed by atoms with Gasteiger partial charge in [-0.2, -0.15) is 4.98 Å². The average Bonchev–Trinajstić information content (AvgIpc) is 2.57. The number of anilines is 2. The fourth-order valence-electron chi connectivity index (χ4n) is 2.17. The first-order valence-corrected chi connectivity index (χ1v) is 8.09. The molecule has 0 spiro atoms. The summed E-state index contributed by atoms with van der Waals surface area (Å²) in [5.74, 6) is 0.377. The predicted octanol–water partition coefficient (Wildman–Crippen LogP) is 4.99. The molecular formula is C17H13BrN4O3. The number of ether oxygens (including phenoxy) is 1. The third kappa shape index (κ3) is 4.10. The van der Waals surface area contributed by atoms with Gasteiger partial charge < -0.3 is 10.1 Å². The summed E-state index contributed by atoms with van der Waals surface area (Å²) in [6.45, 7) is 1.93. The van der Waals surface area contributed by atoms with E-state index in [0.29, 0.717) is 11.4 Å². The zero-order chi connectivity index (χ0) is 17.8. The van der Waals surface area contributed by atoms with E-state index >= 15 is 0 Å². The van der Waals surface area contributed by atoms with Crippen LogP contribution in [0.25, 0.3) is 0 Å². The summed E-state index contributed by atoms with van der Waals surface area (Å²) < 4.78 is 6.45. The summed E-state index contributed by atoms with van der Waals surface area (Å²) in [5.41, 5.74) is 1.39. The van der Waals surface area contributed by atoms with Crippen LogP contribution in [0, 0.1) is 17.0 Å². The van der Waals surface area contributed by atoms with Crippen LogP contribution < -0.4 is 10.1 Å². The molecule has 2 aromatic carbocycles. The number of benzene rings is 2. The Hall–Kier alpha value is -3.00. The van der Waals surface area contributed by atoms with Gasteiger partial charge in [0.05, 0.1) is 4.92 Å². The Morgan fingerprint density at radius 2 is 1.92 bits per heavy atom. The molecule has 25 heavy (non-hydrogen) atoms. The lowest BCUT2D eigenvalue weighted by Crippen LogP contribution is -2.03. The van der Waals surface area contributed by atoms with Crippen molar-refractivity contribution < 1.29 is 9.66 Å². The van der Waals surface area contributed by atoms with Crippen molar-refractivity contribution in [2.45, 2.75) is 6.92 Å². The first-order valence-electron chi connectivity index (χ1n) is 7.29. The summed E-state index contributed by atoms with van der Waals surface area (Å²) in [6, 6.07) is 14.4. The summed E-state index contributed by atoms with van der Waals surface area (Å²) in [5, 5.41) is 14.5. The van der Waals surface area contributed by atoms with Crippen molar-refractivity contribution in [2.24, 2.45) is 0 Å². The number of hydrogen-bond donors (Lipinski definition) is 1. The van der Waals surface area contributed by atoms with Gasteiger partial charge in [0.2, 0.25) is 5.82 Å². The Labute approximate surface area is 152 Å². The minimum Gasteiger partial charge on any atom is -0.434 e. The van der Waals surface area contributed by atoms with Crippen LogP contribution in [-0.2, 0) is 0 Å². The van der Waals surface area contributed by atoms with Gasteiger partial charge in [0.25, 0.3) is 0 Å². The van der Waals surface area contributed by atoms with Crippen LogP contribution in [0.15, 0.2) is 59.3 Å². The van der Waals surface area contributed by atoms with E-state index in [1.54, 1.807) is 30.3 Å². The van der Waals surface area contributed by atoms with E-state index in [0.717, 1.165) is 10.0 Å². The Morgan fingerprint density at radius 1 is 1.16 bits per heavy atom. The molecular weight excluding hydrogens is 388 g/mol. The molecule has 3 aromatic rings. The third-order valence-electron chi connectivity index (χ3n) is 3.28. The summed E-state index contributed by atoms with van der Waals surface area (Å²) in [7, 11) is 0. The molecule has 0 aliphatic heterocycles. The minimum atomic E-state index is -0.563. The fourth-order valence-corrected chi connectivity index (χ4v) is 2.43. The second-order valence-corrected chi connectivity index (χ2v) is 6.10. The van der Waals surface area contributed by atoms with Gasteiger partial charge in [-0.15, -0.1) is 0 Å². The molecule has 0 fully saturated rings. The first-order chi connectivity index (χ1) is 12.0. The largest absolute Gasteiger partial charge is 0.434 e. The molecule has 1 aromatic heterocycles. The van der Waals surface area contributed by atoms with Gasteiger partial charge in [-0.1, -0.05) is 28.1 Å². The summed E-state index contributed by atoms with van der Waals surface area (Å²) >= 11 is 3.32. The second kappa shape index (κ2) is 7.27. The Morgan fingerprint density at radius 3 is 2.60 bits per heavy atom. The molecule has 8 heteroatoms. The van der Waals surface area contributed by atoms with Crippen molar-refractivity contribution in [3.05, 3.63) is 75.0 Å². The van der Waals surface area contributed by atoms with Crippen molar-refractivity contribution in [1.29, 1.82) is 0 Å². The zero-order valence-corrected chi connectivity index (χ0v) is 14.7. The molecule has 0 saturated heterocycles. The highest BCUT2D eigenvalue weighted by Crippen LogP contribution is 2.35. The highest BCUT2D eigenvalue weighted by atomic mass is 79.9. The molecule has 0 amide bonds. The maximum Gasteiger partial charge on any atom is 0.373 e. The van der Waals surface area contributed by atoms with E-state index in [1.165, 1.54) is 6.33 Å². The second-order valence-electron chi connectivity index (χ2n) is 5.18. The highest BCUT2D eigenvalue weighted by Gasteiger charge is 2.25. The number of nitro groups is 1. The van der Waals surface area contributed by atoms with Gasteiger partial charge in [-0.05, 0) is 48.9 Å². The molecule has 0 radical (unpaired) electrons. The van der Waals surface area contributed by atoms with Crippen molar-refractivity contribution in [3.63, 3.8) is 0 Å². The van der Waals surface area contributed by atoms with Crippen LogP contribution in [0.3, 0.4) is 0 Å². The number of halogens is 1. The van der Waals surface area contributed by atoms with Crippen molar-refractivity contribution in [2.75, 3.05) is 5.32 Å². The van der Waals surface area contributed by atoms with Crippen molar-refractivity contribution in [3.8, 4) is 11.6 Å². The number of aromatic nitrogens is 2. The Bertz CT molecular complexity index is 916. The third-order valence-corrected chi connectivity index (χ3v) is 3.81. The van der Waals surface area contributed by atoms with Gasteiger partial charge in [0.15, 0.2) is 0 Å². The van der Waals surface area contributed by atoms with Gasteiger partial charge in [0, 0.05) is 10.2 Å². The summed E-state index contributed by atoms with van der Waals surface area (Å²) in [6.07, 6.45) is 1.22. The number of rotatable bonds is 5. The van der Waals surface area contributed by atoms with Crippen LogP contribution in [0.5, 0.6) is 11.6 Å². The van der Waals surface area contributed by atoms with Crippen LogP contribution in [-0.4, -0.2) is 14.9 Å². The van der Waals surface area contributed by atoms with E-state index in [-0.39, 0.29) is 17.4 Å². The van der Waals surface area contributed by atoms with Gasteiger partial charge in [0.1, 0.15) is 12.1 Å². The smallest absolute Gasteiger partial charge is 0.373 e. The number of hydrogen-bond acceptors (Lipinski definition) is 6. The Kier molecular flexibility index (Phi) is 4.90. The molecule has 7 nitrogen and oxygen atoms in total. The lowest BCUT2D eigenvalue weighted by atomic mass is 10.2. The lowest BCUT2D eigenvalue weighted by Gasteiger charge is -2.09. The SMILES string of the molecule is Cc1cccc(Nc2ncnc(Oc3ccc(Br)cc3)c2[N+](=O)[O-])c1. The first kappa shape index (κ1) is 16.8. The highest BCUT2D eigenvalue weighted by molar-refractivity contribution is 9.10. The standard InChI is InChI=1S/C17H13BrN4O3/c1-11-3-2-4-13(9-11)21-16-15(22(23)24)17(20-10-19-16)25-14-7-5-12(18)6-8-14/h2-10H,1H3,(H,19,20,21). The van der Waals surface area contributed by atoms with E-state index < -0.39 is 4.92 Å². The van der Waals surface area contributed by atoms with Crippen LogP contribution >= 0.6 is 15.9 Å². The molecule has 0 aliphatic carbocycles. The molecule has 126 valence electrons. The van der Waals surface area contributed by atoms with Crippen molar-refractivity contribution >= 4 is 33.1 Å². The van der Waals surface area contributed by atoms with E-state index in [2.05, 4.69) is 31.2 Å². The van der Waals surface area contributed by atoms with E-state index in [1.807, 2.05) is 25.1 Å². The number of aryl methyl sites for hydroxylation is 1. The molecule has 1 N–H and O–H groups in total. The van der Waals surface area contributed by atoms with Crippen molar-refractivity contribution in [1.82, 2.24) is 9.97 Å². The molecule has 3 rings (SSSR count). The Balaban J connectivity index is 1.96. The lowest BCUT2D eigenvalue weighted by molar-refractivity contribution is -0.385. The van der Waals surface area contributed by atoms with Crippen LogP contribution in [0.2, 0.25) is 0 Å². The maximum absolute atomic E-state index is 11.5. The average molecular weight is 401 g/mol. The fraction of sp³-hybridized carbons (Fsp3) is 0.0588. The maximum atomic E-state index is 11.5. The van der Waals surface area contributed by atoms with E-state index in [9.17, 15) is 10.1 Å². The molecule has 0 bridgehead atoms. The van der Waals surface area contributed by atoms with Crippen LogP contribution in [0.1, 0.15) is 5.56 Å². The molecule has 0 unspecified atom stereocenters. The zero-order valence-electron chi connectivity index (χ0n) is 13.1. The normalized spacial score (nSPS) is 10.3. The summed E-state index contributed by atoms with van der Waals surface area (Å²) in [4.78, 5) is 18.9. The molecule has 0 saturated carbocycles. The van der Waals surface area contributed by atoms with Gasteiger partial charge in [-0.25, -0.2) is 4.98 Å². The van der Waals surface area contributed by atoms with Gasteiger partial charge >= 0.3 is 11.6 Å². The number of nitrogens with one attached hydrogen (secondary N) is 1. The quantitative estimate of drug-likeness (QED) is 0.479. The number of nitrogens with zero attached hydrogens (tertiary/aromatic N) is 3. The monoisotopic (exact) mass is 400 g/mol. The topological polar surface area (TPSA) is 90.2 Å².